The molecule has 1 aromatic rings. The average Bonchev–Trinajstić information content (AvgIpc) is 2.15. The number of halogens is 1. The highest BCUT2D eigenvalue weighted by atomic mass is 127. The number of rotatable bonds is 3. The number of nitrogens with two attached hydrogens (primary N) is 2. The molecule has 90 valence electrons. The highest BCUT2D eigenvalue weighted by Gasteiger charge is 2.00. The van der Waals surface area contributed by atoms with Gasteiger partial charge in [-0.25, -0.2) is 4.99 Å². The van der Waals surface area contributed by atoms with Gasteiger partial charge in [-0.2, -0.15) is 0 Å². The Balaban J connectivity index is 0.00000225. The van der Waals surface area contributed by atoms with E-state index in [0.29, 0.717) is 6.54 Å². The number of hydrogen-bond donors (Lipinski definition) is 2. The number of hydrogen-bond acceptors (Lipinski definition) is 2. The van der Waals surface area contributed by atoms with Gasteiger partial charge in [0.2, 0.25) is 0 Å². The lowest BCUT2D eigenvalue weighted by Crippen LogP contribution is -2.22. The zero-order valence-corrected chi connectivity index (χ0v) is 12.2. The fraction of sp³-hybridized carbons (Fsp3) is 0.364. The largest absolute Gasteiger partial charge is 0.378 e. The van der Waals surface area contributed by atoms with Crippen LogP contribution in [0.2, 0.25) is 0 Å². The lowest BCUT2D eigenvalue weighted by molar-refractivity contribution is 1.03. The molecule has 1 aromatic carbocycles. The third-order valence-corrected chi connectivity index (χ3v) is 2.27. The molecular formula is C11H19IN4. The summed E-state index contributed by atoms with van der Waals surface area (Å²) >= 11 is 0. The normalized spacial score (nSPS) is 9.19. The Bertz CT molecular complexity index is 370. The van der Waals surface area contributed by atoms with Crippen molar-refractivity contribution in [1.29, 1.82) is 0 Å². The molecule has 16 heavy (non-hydrogen) atoms. The van der Waals surface area contributed by atoms with E-state index in [4.69, 9.17) is 11.5 Å². The fourth-order valence-electron chi connectivity index (χ4n) is 1.31. The summed E-state index contributed by atoms with van der Waals surface area (Å²) in [6.07, 6.45) is 0. The molecule has 0 unspecified atom stereocenters. The van der Waals surface area contributed by atoms with Gasteiger partial charge >= 0.3 is 0 Å². The Hall–Kier alpha value is -0.980. The molecule has 0 aliphatic heterocycles. The maximum atomic E-state index is 5.29. The van der Waals surface area contributed by atoms with E-state index < -0.39 is 0 Å². The molecule has 0 amide bonds. The second kappa shape index (κ2) is 6.57. The summed E-state index contributed by atoms with van der Waals surface area (Å²) in [7, 11) is 4.04. The van der Waals surface area contributed by atoms with E-state index in [1.54, 1.807) is 0 Å². The van der Waals surface area contributed by atoms with Gasteiger partial charge in [-0.15, -0.1) is 24.0 Å². The molecule has 0 radical (unpaired) electrons. The Kier molecular flexibility index (Phi) is 6.17. The van der Waals surface area contributed by atoms with Gasteiger partial charge in [0, 0.05) is 19.8 Å². The molecule has 4 nitrogen and oxygen atoms in total. The zero-order valence-electron chi connectivity index (χ0n) is 9.90. The summed E-state index contributed by atoms with van der Waals surface area (Å²) in [5.41, 5.74) is 14.1. The van der Waals surface area contributed by atoms with E-state index in [2.05, 4.69) is 35.0 Å². The van der Waals surface area contributed by atoms with E-state index in [1.807, 2.05) is 14.1 Å². The van der Waals surface area contributed by atoms with Crippen LogP contribution in [-0.2, 0) is 6.54 Å². The van der Waals surface area contributed by atoms with Crippen LogP contribution in [-0.4, -0.2) is 20.1 Å². The highest BCUT2D eigenvalue weighted by Crippen LogP contribution is 2.17. The Labute approximate surface area is 114 Å². The first kappa shape index (κ1) is 15.0. The molecular weight excluding hydrogens is 315 g/mol. The third kappa shape index (κ3) is 4.26. The van der Waals surface area contributed by atoms with Crippen LogP contribution in [0.1, 0.15) is 11.1 Å². The van der Waals surface area contributed by atoms with Crippen molar-refractivity contribution in [2.75, 3.05) is 19.0 Å². The van der Waals surface area contributed by atoms with Gasteiger partial charge in [0.15, 0.2) is 5.96 Å². The highest BCUT2D eigenvalue weighted by molar-refractivity contribution is 14.0. The summed E-state index contributed by atoms with van der Waals surface area (Å²) in [5.74, 6) is 0.131. The summed E-state index contributed by atoms with van der Waals surface area (Å²) in [6.45, 7) is 2.60. The molecule has 0 aliphatic carbocycles. The maximum absolute atomic E-state index is 5.29. The van der Waals surface area contributed by atoms with Crippen molar-refractivity contribution in [3.05, 3.63) is 29.3 Å². The molecule has 0 spiro atoms. The standard InChI is InChI=1S/C11H18N4.HI/c1-8-6-10(15(2)3)5-4-9(8)7-14-11(12)13;/h4-6H,7H2,1-3H3,(H4,12,13,14);1H. The lowest BCUT2D eigenvalue weighted by Gasteiger charge is -2.14. The molecule has 4 N–H and O–H groups in total. The van der Waals surface area contributed by atoms with Crippen molar-refractivity contribution in [3.63, 3.8) is 0 Å². The molecule has 0 aliphatic rings. The summed E-state index contributed by atoms with van der Waals surface area (Å²) in [4.78, 5) is 6.06. The van der Waals surface area contributed by atoms with Gasteiger partial charge in [0.25, 0.3) is 0 Å². The van der Waals surface area contributed by atoms with E-state index in [9.17, 15) is 0 Å². The molecule has 0 heterocycles. The van der Waals surface area contributed by atoms with Crippen molar-refractivity contribution in [1.82, 2.24) is 0 Å². The number of aryl methyl sites for hydroxylation is 1. The Morgan fingerprint density at radius 3 is 2.38 bits per heavy atom. The second-order valence-electron chi connectivity index (χ2n) is 3.75. The molecule has 5 heteroatoms. The topological polar surface area (TPSA) is 67.6 Å². The van der Waals surface area contributed by atoms with Crippen molar-refractivity contribution < 1.29 is 0 Å². The van der Waals surface area contributed by atoms with Gasteiger partial charge in [-0.3, -0.25) is 0 Å². The van der Waals surface area contributed by atoms with Gasteiger partial charge in [0.05, 0.1) is 6.54 Å². The summed E-state index contributed by atoms with van der Waals surface area (Å²) in [5, 5.41) is 0. The van der Waals surface area contributed by atoms with E-state index in [0.717, 1.165) is 5.56 Å². The smallest absolute Gasteiger partial charge is 0.186 e. The maximum Gasteiger partial charge on any atom is 0.186 e. The predicted octanol–water partition coefficient (Wildman–Crippen LogP) is 1.45. The predicted molar refractivity (Wildman–Crippen MR) is 80.4 cm³/mol. The molecule has 0 aromatic heterocycles. The van der Waals surface area contributed by atoms with E-state index in [-0.39, 0.29) is 29.9 Å². The van der Waals surface area contributed by atoms with Crippen LogP contribution in [0.3, 0.4) is 0 Å². The number of nitrogens with zero attached hydrogens (tertiary/aromatic N) is 2. The average molecular weight is 334 g/mol. The number of aliphatic imine (C=N–C) groups is 1. The van der Waals surface area contributed by atoms with Crippen LogP contribution >= 0.6 is 24.0 Å². The van der Waals surface area contributed by atoms with Crippen LogP contribution in [0.25, 0.3) is 0 Å². The van der Waals surface area contributed by atoms with Crippen molar-refractivity contribution in [2.45, 2.75) is 13.5 Å². The molecule has 0 saturated carbocycles. The second-order valence-corrected chi connectivity index (χ2v) is 3.75. The van der Waals surface area contributed by atoms with Crippen LogP contribution in [0.4, 0.5) is 5.69 Å². The minimum absolute atomic E-state index is 0. The molecule has 0 atom stereocenters. The van der Waals surface area contributed by atoms with E-state index in [1.165, 1.54) is 11.3 Å². The fourth-order valence-corrected chi connectivity index (χ4v) is 1.31. The number of anilines is 1. The summed E-state index contributed by atoms with van der Waals surface area (Å²) < 4.78 is 0. The molecule has 0 saturated heterocycles. The first-order valence-electron chi connectivity index (χ1n) is 4.83. The van der Waals surface area contributed by atoms with Crippen LogP contribution in [0, 0.1) is 6.92 Å². The van der Waals surface area contributed by atoms with E-state index >= 15 is 0 Å². The zero-order chi connectivity index (χ0) is 11.4. The monoisotopic (exact) mass is 334 g/mol. The third-order valence-electron chi connectivity index (χ3n) is 2.27. The SMILES string of the molecule is Cc1cc(N(C)C)ccc1CN=C(N)N.I. The molecule has 0 fully saturated rings. The quantitative estimate of drug-likeness (QED) is 0.500. The van der Waals surface area contributed by atoms with Crippen LogP contribution < -0.4 is 16.4 Å². The minimum atomic E-state index is 0. The number of benzene rings is 1. The van der Waals surface area contributed by atoms with Crippen molar-refractivity contribution in [3.8, 4) is 0 Å². The van der Waals surface area contributed by atoms with Gasteiger partial charge < -0.3 is 16.4 Å². The Morgan fingerprint density at radius 2 is 1.94 bits per heavy atom. The first-order chi connectivity index (χ1) is 7.00. The van der Waals surface area contributed by atoms with Crippen LogP contribution in [0.5, 0.6) is 0 Å². The summed E-state index contributed by atoms with van der Waals surface area (Å²) in [6, 6.07) is 6.24. The minimum Gasteiger partial charge on any atom is -0.378 e. The van der Waals surface area contributed by atoms with Gasteiger partial charge in [0.1, 0.15) is 0 Å². The van der Waals surface area contributed by atoms with Gasteiger partial charge in [-0.05, 0) is 30.2 Å². The van der Waals surface area contributed by atoms with Crippen LogP contribution in [0.15, 0.2) is 23.2 Å². The van der Waals surface area contributed by atoms with Crippen molar-refractivity contribution >= 4 is 35.6 Å². The van der Waals surface area contributed by atoms with Crippen molar-refractivity contribution in [2.24, 2.45) is 16.5 Å². The number of guanidine groups is 1. The molecule has 1 rings (SSSR count). The van der Waals surface area contributed by atoms with Gasteiger partial charge in [-0.1, -0.05) is 6.07 Å². The molecule has 0 bridgehead atoms. The first-order valence-corrected chi connectivity index (χ1v) is 4.83. The Morgan fingerprint density at radius 1 is 1.31 bits per heavy atom. The lowest BCUT2D eigenvalue weighted by atomic mass is 10.1.